The lowest BCUT2D eigenvalue weighted by atomic mass is 10.3. The third-order valence-electron chi connectivity index (χ3n) is 1.98. The minimum absolute atomic E-state index is 0.509. The molecule has 5 nitrogen and oxygen atoms in total. The van der Waals surface area contributed by atoms with Gasteiger partial charge in [-0.2, -0.15) is 0 Å². The third kappa shape index (κ3) is 4.69. The number of nitrogens with one attached hydrogen (secondary N) is 1. The largest absolute Gasteiger partial charge is 0.491 e. The van der Waals surface area contributed by atoms with E-state index in [1.807, 2.05) is 6.92 Å². The molecule has 0 unspecified atom stereocenters. The summed E-state index contributed by atoms with van der Waals surface area (Å²) in [4.78, 5) is 21.7. The van der Waals surface area contributed by atoms with Gasteiger partial charge >= 0.3 is 5.97 Å². The van der Waals surface area contributed by atoms with Crippen LogP contribution < -0.4 is 10.1 Å². The van der Waals surface area contributed by atoms with Crippen LogP contribution in [0.15, 0.2) is 36.4 Å². The van der Waals surface area contributed by atoms with Gasteiger partial charge in [0.15, 0.2) is 0 Å². The lowest BCUT2D eigenvalue weighted by molar-refractivity contribution is -0.131. The van der Waals surface area contributed by atoms with Gasteiger partial charge in [-0.05, 0) is 18.6 Å². The first-order chi connectivity index (χ1) is 8.63. The molecule has 1 aromatic carbocycles. The van der Waals surface area contributed by atoms with Crippen molar-refractivity contribution >= 4 is 17.6 Å². The van der Waals surface area contributed by atoms with Crippen molar-refractivity contribution in [2.75, 3.05) is 11.9 Å². The highest BCUT2D eigenvalue weighted by molar-refractivity contribution is 6.03. The van der Waals surface area contributed by atoms with E-state index in [0.29, 0.717) is 18.0 Å². The van der Waals surface area contributed by atoms with Crippen LogP contribution in [0.5, 0.6) is 5.75 Å². The van der Waals surface area contributed by atoms with Crippen molar-refractivity contribution < 1.29 is 19.4 Å². The lowest BCUT2D eigenvalue weighted by Gasteiger charge is -2.10. The fourth-order valence-corrected chi connectivity index (χ4v) is 1.23. The van der Waals surface area contributed by atoms with Crippen LogP contribution in [-0.2, 0) is 9.59 Å². The fraction of sp³-hybridized carbons (Fsp3) is 0.231. The van der Waals surface area contributed by atoms with Gasteiger partial charge in [-0.3, -0.25) is 4.79 Å². The number of rotatable bonds is 6. The van der Waals surface area contributed by atoms with E-state index in [2.05, 4.69) is 5.32 Å². The van der Waals surface area contributed by atoms with E-state index in [1.54, 1.807) is 24.3 Å². The summed E-state index contributed by atoms with van der Waals surface area (Å²) in [5.41, 5.74) is 0.519. The highest BCUT2D eigenvalue weighted by Crippen LogP contribution is 2.23. The van der Waals surface area contributed by atoms with Crippen LogP contribution in [0.3, 0.4) is 0 Å². The second-order valence-electron chi connectivity index (χ2n) is 3.51. The summed E-state index contributed by atoms with van der Waals surface area (Å²) < 4.78 is 5.46. The Kier molecular flexibility index (Phi) is 5.44. The number of carbonyl (C=O) groups is 2. The van der Waals surface area contributed by atoms with Gasteiger partial charge in [0.05, 0.1) is 12.3 Å². The number of hydrogen-bond donors (Lipinski definition) is 2. The number of carbonyl (C=O) groups excluding carboxylic acids is 1. The smallest absolute Gasteiger partial charge is 0.328 e. The van der Waals surface area contributed by atoms with Gasteiger partial charge in [0.2, 0.25) is 5.91 Å². The second-order valence-corrected chi connectivity index (χ2v) is 3.51. The van der Waals surface area contributed by atoms with Gasteiger partial charge in [0.25, 0.3) is 0 Å². The van der Waals surface area contributed by atoms with Gasteiger partial charge in [-0.1, -0.05) is 19.1 Å². The van der Waals surface area contributed by atoms with Gasteiger partial charge in [0, 0.05) is 12.2 Å². The number of benzene rings is 1. The van der Waals surface area contributed by atoms with E-state index in [9.17, 15) is 9.59 Å². The molecule has 0 aliphatic rings. The number of carboxylic acid groups (broad SMARTS) is 1. The van der Waals surface area contributed by atoms with Gasteiger partial charge in [0.1, 0.15) is 5.75 Å². The van der Waals surface area contributed by atoms with Crippen molar-refractivity contribution in [3.05, 3.63) is 36.4 Å². The summed E-state index contributed by atoms with van der Waals surface area (Å²) >= 11 is 0. The first kappa shape index (κ1) is 13.8. The van der Waals surface area contributed by atoms with Crippen molar-refractivity contribution in [3.63, 3.8) is 0 Å². The van der Waals surface area contributed by atoms with Crippen LogP contribution >= 0.6 is 0 Å². The van der Waals surface area contributed by atoms with Crippen LogP contribution in [0.25, 0.3) is 0 Å². The monoisotopic (exact) mass is 249 g/mol. The molecule has 2 N–H and O–H groups in total. The number of ether oxygens (including phenoxy) is 1. The first-order valence-electron chi connectivity index (χ1n) is 5.57. The molecule has 0 atom stereocenters. The molecule has 5 heteroatoms. The van der Waals surface area contributed by atoms with E-state index in [0.717, 1.165) is 18.6 Å². The second kappa shape index (κ2) is 7.11. The first-order valence-corrected chi connectivity index (χ1v) is 5.57. The SMILES string of the molecule is CCCOc1ccccc1NC(=O)/C=C/C(=O)O. The van der Waals surface area contributed by atoms with Crippen LogP contribution in [-0.4, -0.2) is 23.6 Å². The molecule has 1 amide bonds. The molecule has 18 heavy (non-hydrogen) atoms. The highest BCUT2D eigenvalue weighted by atomic mass is 16.5. The van der Waals surface area contributed by atoms with Gasteiger partial charge < -0.3 is 15.2 Å². The molecule has 0 aromatic heterocycles. The minimum Gasteiger partial charge on any atom is -0.491 e. The van der Waals surface area contributed by atoms with E-state index in [4.69, 9.17) is 9.84 Å². The molecule has 0 bridgehead atoms. The maximum atomic E-state index is 11.4. The van der Waals surface area contributed by atoms with Crippen LogP contribution in [0, 0.1) is 0 Å². The Morgan fingerprint density at radius 2 is 2.06 bits per heavy atom. The molecule has 0 heterocycles. The van der Waals surface area contributed by atoms with E-state index < -0.39 is 11.9 Å². The molecular formula is C13H15NO4. The van der Waals surface area contributed by atoms with E-state index in [1.165, 1.54) is 0 Å². The van der Waals surface area contributed by atoms with Crippen molar-refractivity contribution in [1.82, 2.24) is 0 Å². The third-order valence-corrected chi connectivity index (χ3v) is 1.98. The number of amides is 1. The number of hydrogen-bond acceptors (Lipinski definition) is 3. The summed E-state index contributed by atoms with van der Waals surface area (Å²) in [6.07, 6.45) is 2.60. The maximum Gasteiger partial charge on any atom is 0.328 e. The summed E-state index contributed by atoms with van der Waals surface area (Å²) in [5.74, 6) is -1.11. The van der Waals surface area contributed by atoms with Gasteiger partial charge in [-0.25, -0.2) is 4.79 Å². The number of aliphatic carboxylic acids is 1. The number of carboxylic acids is 1. The Hall–Kier alpha value is -2.30. The number of para-hydroxylation sites is 2. The quantitative estimate of drug-likeness (QED) is 0.756. The van der Waals surface area contributed by atoms with Crippen LogP contribution in [0.2, 0.25) is 0 Å². The molecule has 0 aliphatic carbocycles. The summed E-state index contributed by atoms with van der Waals surface area (Å²) in [6, 6.07) is 6.99. The Bertz CT molecular complexity index is 454. The fourth-order valence-electron chi connectivity index (χ4n) is 1.23. The zero-order chi connectivity index (χ0) is 13.4. The standard InChI is InChI=1S/C13H15NO4/c1-2-9-18-11-6-4-3-5-10(11)14-12(15)7-8-13(16)17/h3-8H,2,9H2,1H3,(H,14,15)(H,16,17)/b8-7+. The lowest BCUT2D eigenvalue weighted by Crippen LogP contribution is -2.10. The predicted octanol–water partition coefficient (Wildman–Crippen LogP) is 2.05. The Labute approximate surface area is 105 Å². The van der Waals surface area contributed by atoms with E-state index >= 15 is 0 Å². The minimum atomic E-state index is -1.17. The van der Waals surface area contributed by atoms with Gasteiger partial charge in [-0.15, -0.1) is 0 Å². The Balaban J connectivity index is 2.71. The normalized spacial score (nSPS) is 10.3. The molecule has 96 valence electrons. The van der Waals surface area contributed by atoms with Crippen molar-refractivity contribution in [2.45, 2.75) is 13.3 Å². The molecular weight excluding hydrogens is 234 g/mol. The predicted molar refractivity (Wildman–Crippen MR) is 67.6 cm³/mol. The topological polar surface area (TPSA) is 75.6 Å². The maximum absolute atomic E-state index is 11.4. The number of anilines is 1. The average Bonchev–Trinajstić information content (AvgIpc) is 2.35. The zero-order valence-corrected chi connectivity index (χ0v) is 10.1. The molecule has 0 aliphatic heterocycles. The highest BCUT2D eigenvalue weighted by Gasteiger charge is 2.05. The van der Waals surface area contributed by atoms with Crippen molar-refractivity contribution in [1.29, 1.82) is 0 Å². The average molecular weight is 249 g/mol. The van der Waals surface area contributed by atoms with E-state index in [-0.39, 0.29) is 0 Å². The van der Waals surface area contributed by atoms with Crippen LogP contribution in [0.4, 0.5) is 5.69 Å². The van der Waals surface area contributed by atoms with Crippen molar-refractivity contribution in [2.24, 2.45) is 0 Å². The van der Waals surface area contributed by atoms with Crippen molar-refractivity contribution in [3.8, 4) is 5.75 Å². The Morgan fingerprint density at radius 3 is 2.72 bits per heavy atom. The molecule has 0 radical (unpaired) electrons. The zero-order valence-electron chi connectivity index (χ0n) is 10.1. The molecule has 0 saturated heterocycles. The summed E-state index contributed by atoms with van der Waals surface area (Å²) in [6.45, 7) is 2.54. The molecule has 0 fully saturated rings. The molecule has 0 spiro atoms. The summed E-state index contributed by atoms with van der Waals surface area (Å²) in [5, 5.41) is 11.0. The Morgan fingerprint density at radius 1 is 1.33 bits per heavy atom. The summed E-state index contributed by atoms with van der Waals surface area (Å²) in [7, 11) is 0. The molecule has 1 aromatic rings. The molecule has 1 rings (SSSR count). The molecule has 0 saturated carbocycles. The van der Waals surface area contributed by atoms with Crippen LogP contribution in [0.1, 0.15) is 13.3 Å².